The van der Waals surface area contributed by atoms with Gasteiger partial charge in [-0.15, -0.1) is 0 Å². The van der Waals surface area contributed by atoms with Crippen LogP contribution in [0.3, 0.4) is 0 Å². The van der Waals surface area contributed by atoms with E-state index < -0.39 is 11.6 Å². The molecule has 1 saturated heterocycles. The van der Waals surface area contributed by atoms with Crippen molar-refractivity contribution in [3.63, 3.8) is 0 Å². The van der Waals surface area contributed by atoms with Gasteiger partial charge in [-0.25, -0.2) is 8.78 Å². The fraction of sp³-hybridized carbons (Fsp3) is 0.400. The predicted octanol–water partition coefficient (Wildman–Crippen LogP) is 1.96. The summed E-state index contributed by atoms with van der Waals surface area (Å²) < 4.78 is 27.5. The predicted molar refractivity (Wildman–Crippen MR) is 57.7 cm³/mol. The van der Waals surface area contributed by atoms with Crippen LogP contribution in [0.4, 0.5) is 8.78 Å². The molecule has 1 aliphatic rings. The van der Waals surface area contributed by atoms with Crippen LogP contribution in [-0.2, 0) is 0 Å². The van der Waals surface area contributed by atoms with Gasteiger partial charge in [-0.3, -0.25) is 0 Å². The maximum absolute atomic E-state index is 13.7. The Bertz CT molecular complexity index is 365. The first-order valence-corrected chi connectivity index (χ1v) is 5.57. The topological polar surface area (TPSA) is 24.1 Å². The van der Waals surface area contributed by atoms with E-state index in [0.29, 0.717) is 11.0 Å². The van der Waals surface area contributed by atoms with Crippen molar-refractivity contribution in [1.82, 2.24) is 10.6 Å². The van der Waals surface area contributed by atoms with Crippen molar-refractivity contribution in [3.05, 3.63) is 33.8 Å². The summed E-state index contributed by atoms with van der Waals surface area (Å²) in [6, 6.07) is 2.36. The summed E-state index contributed by atoms with van der Waals surface area (Å²) in [5.41, 5.74) is 0.108. The summed E-state index contributed by atoms with van der Waals surface area (Å²) in [6.07, 6.45) is 0. The first kappa shape index (κ1) is 11.0. The Morgan fingerprint density at radius 3 is 2.73 bits per heavy atom. The SMILES string of the molecule is Fc1ccc(Br)c(F)c1[C@@H]1CNCCN1. The van der Waals surface area contributed by atoms with Gasteiger partial charge in [0.05, 0.1) is 10.5 Å². The molecule has 1 heterocycles. The average Bonchev–Trinajstić information content (AvgIpc) is 2.26. The standard InChI is InChI=1S/C10H11BrF2N2/c11-6-1-2-7(12)9(10(6)13)8-5-14-3-4-15-8/h1-2,8,14-15H,3-5H2/t8-/m0/s1. The number of hydrogen-bond acceptors (Lipinski definition) is 2. The van der Waals surface area contributed by atoms with Gasteiger partial charge in [0.2, 0.25) is 0 Å². The summed E-state index contributed by atoms with van der Waals surface area (Å²) in [6.45, 7) is 2.09. The monoisotopic (exact) mass is 276 g/mol. The Kier molecular flexibility index (Phi) is 3.33. The highest BCUT2D eigenvalue weighted by Crippen LogP contribution is 2.26. The van der Waals surface area contributed by atoms with Gasteiger partial charge in [0.15, 0.2) is 0 Å². The zero-order valence-electron chi connectivity index (χ0n) is 7.99. The summed E-state index contributed by atoms with van der Waals surface area (Å²) >= 11 is 3.06. The second-order valence-corrected chi connectivity index (χ2v) is 4.32. The van der Waals surface area contributed by atoms with Gasteiger partial charge in [0.25, 0.3) is 0 Å². The van der Waals surface area contributed by atoms with E-state index in [1.54, 1.807) is 0 Å². The molecule has 0 radical (unpaired) electrons. The normalized spacial score (nSPS) is 21.7. The molecule has 0 aliphatic carbocycles. The van der Waals surface area contributed by atoms with Crippen molar-refractivity contribution in [2.45, 2.75) is 6.04 Å². The first-order chi connectivity index (χ1) is 7.20. The summed E-state index contributed by atoms with van der Waals surface area (Å²) in [5, 5.41) is 6.18. The van der Waals surface area contributed by atoms with Gasteiger partial charge >= 0.3 is 0 Å². The van der Waals surface area contributed by atoms with E-state index in [1.807, 2.05) is 0 Å². The Hall–Kier alpha value is -0.520. The van der Waals surface area contributed by atoms with Gasteiger partial charge in [-0.1, -0.05) is 0 Å². The largest absolute Gasteiger partial charge is 0.314 e. The van der Waals surface area contributed by atoms with Crippen molar-refractivity contribution in [3.8, 4) is 0 Å². The van der Waals surface area contributed by atoms with Crippen molar-refractivity contribution < 1.29 is 8.78 Å². The second-order valence-electron chi connectivity index (χ2n) is 3.47. The zero-order chi connectivity index (χ0) is 10.8. The van der Waals surface area contributed by atoms with E-state index in [-0.39, 0.29) is 11.6 Å². The molecule has 0 aromatic heterocycles. The van der Waals surface area contributed by atoms with Crippen molar-refractivity contribution in [1.29, 1.82) is 0 Å². The highest BCUT2D eigenvalue weighted by molar-refractivity contribution is 9.10. The highest BCUT2D eigenvalue weighted by atomic mass is 79.9. The highest BCUT2D eigenvalue weighted by Gasteiger charge is 2.23. The third kappa shape index (κ3) is 2.19. The minimum absolute atomic E-state index is 0.108. The minimum atomic E-state index is -0.517. The average molecular weight is 277 g/mol. The van der Waals surface area contributed by atoms with Gasteiger partial charge < -0.3 is 10.6 Å². The molecule has 1 atom stereocenters. The number of rotatable bonds is 1. The Labute approximate surface area is 95.2 Å². The van der Waals surface area contributed by atoms with Crippen molar-refractivity contribution in [2.24, 2.45) is 0 Å². The molecule has 5 heteroatoms. The lowest BCUT2D eigenvalue weighted by Crippen LogP contribution is -2.43. The number of piperazine rings is 1. The molecule has 0 spiro atoms. The van der Waals surface area contributed by atoms with Crippen LogP contribution in [0.25, 0.3) is 0 Å². The van der Waals surface area contributed by atoms with Crippen LogP contribution in [0, 0.1) is 11.6 Å². The summed E-state index contributed by atoms with van der Waals surface area (Å²) in [7, 11) is 0. The molecule has 2 rings (SSSR count). The molecular weight excluding hydrogens is 266 g/mol. The number of hydrogen-bond donors (Lipinski definition) is 2. The first-order valence-electron chi connectivity index (χ1n) is 4.77. The molecule has 1 aromatic carbocycles. The molecule has 1 aromatic rings. The lowest BCUT2D eigenvalue weighted by Gasteiger charge is -2.25. The number of benzene rings is 1. The van der Waals surface area contributed by atoms with Gasteiger partial charge in [0, 0.05) is 25.2 Å². The molecule has 2 N–H and O–H groups in total. The fourth-order valence-corrected chi connectivity index (χ4v) is 2.07. The van der Waals surface area contributed by atoms with Crippen LogP contribution in [0.15, 0.2) is 16.6 Å². The molecule has 1 aliphatic heterocycles. The molecule has 0 saturated carbocycles. The smallest absolute Gasteiger partial charge is 0.145 e. The van der Waals surface area contributed by atoms with Gasteiger partial charge in [-0.05, 0) is 28.1 Å². The fourth-order valence-electron chi connectivity index (χ4n) is 1.72. The van der Waals surface area contributed by atoms with E-state index in [9.17, 15) is 8.78 Å². The molecular formula is C10H11BrF2N2. The van der Waals surface area contributed by atoms with Crippen LogP contribution in [0.2, 0.25) is 0 Å². The Morgan fingerprint density at radius 1 is 1.27 bits per heavy atom. The molecule has 2 nitrogen and oxygen atoms in total. The van der Waals surface area contributed by atoms with Gasteiger partial charge in [0.1, 0.15) is 11.6 Å². The molecule has 0 amide bonds. The summed E-state index contributed by atoms with van der Waals surface area (Å²) in [5.74, 6) is -1.02. The second kappa shape index (κ2) is 4.55. The Balaban J connectivity index is 2.36. The van der Waals surface area contributed by atoms with E-state index >= 15 is 0 Å². The van der Waals surface area contributed by atoms with Crippen LogP contribution >= 0.6 is 15.9 Å². The Morgan fingerprint density at radius 2 is 2.07 bits per heavy atom. The maximum Gasteiger partial charge on any atom is 0.145 e. The molecule has 0 bridgehead atoms. The number of nitrogens with one attached hydrogen (secondary N) is 2. The van der Waals surface area contributed by atoms with E-state index in [2.05, 4.69) is 26.6 Å². The quantitative estimate of drug-likeness (QED) is 0.767. The van der Waals surface area contributed by atoms with E-state index in [0.717, 1.165) is 13.1 Å². The third-order valence-electron chi connectivity index (χ3n) is 2.47. The van der Waals surface area contributed by atoms with Crippen LogP contribution in [-0.4, -0.2) is 19.6 Å². The lowest BCUT2D eigenvalue weighted by molar-refractivity contribution is 0.400. The van der Waals surface area contributed by atoms with Crippen LogP contribution in [0.5, 0.6) is 0 Å². The van der Waals surface area contributed by atoms with Crippen LogP contribution in [0.1, 0.15) is 11.6 Å². The maximum atomic E-state index is 13.7. The van der Waals surface area contributed by atoms with Crippen molar-refractivity contribution in [2.75, 3.05) is 19.6 Å². The molecule has 1 fully saturated rings. The number of halogens is 3. The van der Waals surface area contributed by atoms with E-state index in [4.69, 9.17) is 0 Å². The summed E-state index contributed by atoms with van der Waals surface area (Å²) in [4.78, 5) is 0. The molecule has 0 unspecified atom stereocenters. The lowest BCUT2D eigenvalue weighted by atomic mass is 10.0. The molecule has 82 valence electrons. The molecule has 15 heavy (non-hydrogen) atoms. The minimum Gasteiger partial charge on any atom is -0.314 e. The van der Waals surface area contributed by atoms with E-state index in [1.165, 1.54) is 12.1 Å². The van der Waals surface area contributed by atoms with Crippen LogP contribution < -0.4 is 10.6 Å². The zero-order valence-corrected chi connectivity index (χ0v) is 9.57. The van der Waals surface area contributed by atoms with Gasteiger partial charge in [-0.2, -0.15) is 0 Å². The van der Waals surface area contributed by atoms with Crippen molar-refractivity contribution >= 4 is 15.9 Å². The third-order valence-corrected chi connectivity index (χ3v) is 3.08.